The molecular weight excluding hydrogens is 229 g/mol. The quantitative estimate of drug-likeness (QED) is 0.705. The number of unbranched alkanes of at least 4 members (excludes halogenated alkanes) is 3. The van der Waals surface area contributed by atoms with E-state index in [4.69, 9.17) is 4.74 Å². The Morgan fingerprint density at radius 2 is 2.06 bits per heavy atom. The third-order valence-electron chi connectivity index (χ3n) is 3.15. The van der Waals surface area contributed by atoms with Gasteiger partial charge in [-0.05, 0) is 32.0 Å². The van der Waals surface area contributed by atoms with E-state index in [1.54, 1.807) is 19.2 Å². The summed E-state index contributed by atoms with van der Waals surface area (Å²) in [5.41, 5.74) is 0.621. The molecular formula is C15H24FNO. The van der Waals surface area contributed by atoms with Crippen LogP contribution in [0.1, 0.15) is 51.1 Å². The molecule has 0 saturated carbocycles. The first kappa shape index (κ1) is 15.0. The Bertz CT molecular complexity index is 354. The van der Waals surface area contributed by atoms with Crippen LogP contribution in [0.25, 0.3) is 0 Å². The Kier molecular flexibility index (Phi) is 6.73. The number of nitrogens with one attached hydrogen (secondary N) is 1. The van der Waals surface area contributed by atoms with Crippen LogP contribution in [0, 0.1) is 5.82 Å². The number of hydrogen-bond acceptors (Lipinski definition) is 2. The molecule has 0 radical (unpaired) electrons. The highest BCUT2D eigenvalue weighted by molar-refractivity contribution is 5.36. The summed E-state index contributed by atoms with van der Waals surface area (Å²) in [6.45, 7) is 5.08. The molecule has 3 heteroatoms. The predicted octanol–water partition coefficient (Wildman–Crippen LogP) is 4.07. The standard InChI is InChI=1S/C15H24FNO/c1-4-5-6-7-11-17-12(2)15-13(16)9-8-10-14(15)18-3/h8-10,12,17H,4-7,11H2,1-3H3. The van der Waals surface area contributed by atoms with Crippen LogP contribution >= 0.6 is 0 Å². The SMILES string of the molecule is CCCCCCNC(C)c1c(F)cccc1OC. The first-order valence-corrected chi connectivity index (χ1v) is 6.76. The van der Waals surface area contributed by atoms with E-state index in [1.807, 2.05) is 6.92 Å². The van der Waals surface area contributed by atoms with Crippen molar-refractivity contribution >= 4 is 0 Å². The fraction of sp³-hybridized carbons (Fsp3) is 0.600. The van der Waals surface area contributed by atoms with Gasteiger partial charge in [-0.1, -0.05) is 32.3 Å². The molecule has 0 aliphatic rings. The van der Waals surface area contributed by atoms with Crippen LogP contribution in [-0.2, 0) is 0 Å². The molecule has 1 aromatic carbocycles. The molecule has 0 spiro atoms. The Labute approximate surface area is 110 Å². The smallest absolute Gasteiger partial charge is 0.131 e. The molecule has 102 valence electrons. The van der Waals surface area contributed by atoms with Gasteiger partial charge in [0, 0.05) is 11.6 Å². The number of halogens is 1. The second-order valence-electron chi connectivity index (χ2n) is 4.59. The average molecular weight is 253 g/mol. The predicted molar refractivity (Wildman–Crippen MR) is 73.5 cm³/mol. The summed E-state index contributed by atoms with van der Waals surface area (Å²) in [4.78, 5) is 0. The largest absolute Gasteiger partial charge is 0.496 e. The second-order valence-corrected chi connectivity index (χ2v) is 4.59. The highest BCUT2D eigenvalue weighted by Crippen LogP contribution is 2.27. The first-order valence-electron chi connectivity index (χ1n) is 6.76. The van der Waals surface area contributed by atoms with Gasteiger partial charge in [0.2, 0.25) is 0 Å². The van der Waals surface area contributed by atoms with Crippen LogP contribution in [0.5, 0.6) is 5.75 Å². The van der Waals surface area contributed by atoms with Crippen molar-refractivity contribution in [2.45, 2.75) is 45.6 Å². The maximum Gasteiger partial charge on any atom is 0.131 e. The Hall–Kier alpha value is -1.09. The Morgan fingerprint density at radius 3 is 2.72 bits per heavy atom. The van der Waals surface area contributed by atoms with Crippen LogP contribution in [0.2, 0.25) is 0 Å². The summed E-state index contributed by atoms with van der Waals surface area (Å²) in [7, 11) is 1.58. The molecule has 0 amide bonds. The lowest BCUT2D eigenvalue weighted by molar-refractivity contribution is 0.393. The molecule has 2 nitrogen and oxygen atoms in total. The van der Waals surface area contributed by atoms with Crippen LogP contribution in [-0.4, -0.2) is 13.7 Å². The summed E-state index contributed by atoms with van der Waals surface area (Å²) in [6.07, 6.45) is 4.86. The topological polar surface area (TPSA) is 21.3 Å². The minimum atomic E-state index is -0.206. The van der Waals surface area contributed by atoms with Crippen LogP contribution < -0.4 is 10.1 Å². The van der Waals surface area contributed by atoms with E-state index in [0.717, 1.165) is 13.0 Å². The molecule has 0 aliphatic heterocycles. The van der Waals surface area contributed by atoms with Gasteiger partial charge >= 0.3 is 0 Å². The van der Waals surface area contributed by atoms with Gasteiger partial charge in [0.25, 0.3) is 0 Å². The lowest BCUT2D eigenvalue weighted by Gasteiger charge is -2.18. The lowest BCUT2D eigenvalue weighted by atomic mass is 10.1. The van der Waals surface area contributed by atoms with Gasteiger partial charge in [-0.15, -0.1) is 0 Å². The van der Waals surface area contributed by atoms with E-state index in [-0.39, 0.29) is 11.9 Å². The van der Waals surface area contributed by atoms with Crippen molar-refractivity contribution in [2.75, 3.05) is 13.7 Å². The molecule has 1 rings (SSSR count). The van der Waals surface area contributed by atoms with Gasteiger partial charge in [0.05, 0.1) is 7.11 Å². The zero-order valence-corrected chi connectivity index (χ0v) is 11.6. The Morgan fingerprint density at radius 1 is 1.28 bits per heavy atom. The normalized spacial score (nSPS) is 12.4. The average Bonchev–Trinajstić information content (AvgIpc) is 2.37. The first-order chi connectivity index (χ1) is 8.70. The molecule has 18 heavy (non-hydrogen) atoms. The molecule has 0 bridgehead atoms. The van der Waals surface area contributed by atoms with Crippen LogP contribution in [0.15, 0.2) is 18.2 Å². The van der Waals surface area contributed by atoms with Crippen molar-refractivity contribution in [2.24, 2.45) is 0 Å². The third-order valence-corrected chi connectivity index (χ3v) is 3.15. The maximum absolute atomic E-state index is 13.8. The molecule has 1 N–H and O–H groups in total. The number of benzene rings is 1. The van der Waals surface area contributed by atoms with Crippen LogP contribution in [0.4, 0.5) is 4.39 Å². The molecule has 0 aliphatic carbocycles. The van der Waals surface area contributed by atoms with Crippen molar-refractivity contribution < 1.29 is 9.13 Å². The van der Waals surface area contributed by atoms with Gasteiger partial charge in [0.15, 0.2) is 0 Å². The summed E-state index contributed by atoms with van der Waals surface area (Å²) in [6, 6.07) is 4.93. The fourth-order valence-corrected chi connectivity index (χ4v) is 2.09. The zero-order chi connectivity index (χ0) is 13.4. The molecule has 0 saturated heterocycles. The zero-order valence-electron chi connectivity index (χ0n) is 11.6. The van der Waals surface area contributed by atoms with E-state index in [2.05, 4.69) is 12.2 Å². The van der Waals surface area contributed by atoms with Gasteiger partial charge in [0.1, 0.15) is 11.6 Å². The molecule has 0 heterocycles. The van der Waals surface area contributed by atoms with Gasteiger partial charge in [-0.3, -0.25) is 0 Å². The van der Waals surface area contributed by atoms with E-state index in [0.29, 0.717) is 11.3 Å². The number of hydrogen-bond donors (Lipinski definition) is 1. The highest BCUT2D eigenvalue weighted by Gasteiger charge is 2.15. The van der Waals surface area contributed by atoms with E-state index >= 15 is 0 Å². The lowest BCUT2D eigenvalue weighted by Crippen LogP contribution is -2.21. The highest BCUT2D eigenvalue weighted by atomic mass is 19.1. The van der Waals surface area contributed by atoms with Crippen molar-refractivity contribution in [3.8, 4) is 5.75 Å². The molecule has 0 fully saturated rings. The van der Waals surface area contributed by atoms with Crippen molar-refractivity contribution in [1.29, 1.82) is 0 Å². The van der Waals surface area contributed by atoms with Gasteiger partial charge in [-0.25, -0.2) is 4.39 Å². The molecule has 0 aromatic heterocycles. The second kappa shape index (κ2) is 8.09. The van der Waals surface area contributed by atoms with E-state index in [9.17, 15) is 4.39 Å². The number of methoxy groups -OCH3 is 1. The van der Waals surface area contributed by atoms with Crippen molar-refractivity contribution in [1.82, 2.24) is 5.32 Å². The fourth-order valence-electron chi connectivity index (χ4n) is 2.09. The maximum atomic E-state index is 13.8. The summed E-state index contributed by atoms with van der Waals surface area (Å²) in [5.74, 6) is 0.409. The molecule has 1 atom stereocenters. The molecule has 1 aromatic rings. The summed E-state index contributed by atoms with van der Waals surface area (Å²) >= 11 is 0. The third kappa shape index (κ3) is 4.30. The Balaban J connectivity index is 2.53. The minimum absolute atomic E-state index is 0.0252. The van der Waals surface area contributed by atoms with E-state index < -0.39 is 0 Å². The van der Waals surface area contributed by atoms with Gasteiger partial charge in [-0.2, -0.15) is 0 Å². The minimum Gasteiger partial charge on any atom is -0.496 e. The monoisotopic (exact) mass is 253 g/mol. The van der Waals surface area contributed by atoms with E-state index in [1.165, 1.54) is 25.3 Å². The van der Waals surface area contributed by atoms with Crippen molar-refractivity contribution in [3.63, 3.8) is 0 Å². The van der Waals surface area contributed by atoms with Crippen LogP contribution in [0.3, 0.4) is 0 Å². The van der Waals surface area contributed by atoms with Crippen molar-refractivity contribution in [3.05, 3.63) is 29.6 Å². The summed E-state index contributed by atoms with van der Waals surface area (Å²) < 4.78 is 19.0. The van der Waals surface area contributed by atoms with Gasteiger partial charge < -0.3 is 10.1 Å². The summed E-state index contributed by atoms with van der Waals surface area (Å²) in [5, 5.41) is 3.35. The molecule has 1 unspecified atom stereocenters. The number of ether oxygens (including phenoxy) is 1. The number of rotatable bonds is 8.